The molecule has 0 unspecified atom stereocenters. The van der Waals surface area contributed by atoms with Crippen LogP contribution in [0, 0.1) is 19.8 Å². The van der Waals surface area contributed by atoms with E-state index in [1.54, 1.807) is 18.0 Å². The van der Waals surface area contributed by atoms with Crippen LogP contribution >= 0.6 is 0 Å². The van der Waals surface area contributed by atoms with Gasteiger partial charge >= 0.3 is 12.1 Å². The van der Waals surface area contributed by atoms with Crippen LogP contribution in [0.2, 0.25) is 0 Å². The van der Waals surface area contributed by atoms with Crippen LogP contribution in [0.4, 0.5) is 4.79 Å². The first-order chi connectivity index (χ1) is 16.3. The van der Waals surface area contributed by atoms with Crippen LogP contribution in [0.15, 0.2) is 16.7 Å². The van der Waals surface area contributed by atoms with Crippen molar-refractivity contribution in [2.24, 2.45) is 5.92 Å². The predicted molar refractivity (Wildman–Crippen MR) is 123 cm³/mol. The number of aryl methyl sites for hydroxylation is 2. The Labute approximate surface area is 199 Å². The summed E-state index contributed by atoms with van der Waals surface area (Å²) in [4.78, 5) is 30.2. The highest BCUT2D eigenvalue weighted by Gasteiger charge is 2.29. The lowest BCUT2D eigenvalue weighted by molar-refractivity contribution is -0.143. The van der Waals surface area contributed by atoms with E-state index in [1.807, 2.05) is 19.9 Å². The van der Waals surface area contributed by atoms with Gasteiger partial charge < -0.3 is 24.0 Å². The Bertz CT molecular complexity index is 1030. The maximum atomic E-state index is 12.5. The minimum atomic E-state index is -0.762. The topological polar surface area (TPSA) is 115 Å². The molecule has 2 aliphatic carbocycles. The Kier molecular flexibility index (Phi) is 7.38. The summed E-state index contributed by atoms with van der Waals surface area (Å²) in [6, 6.07) is 3.85. The highest BCUT2D eigenvalue weighted by Crippen LogP contribution is 2.32. The van der Waals surface area contributed by atoms with E-state index in [4.69, 9.17) is 14.0 Å². The molecule has 2 atom stereocenters. The predicted octanol–water partition coefficient (Wildman–Crippen LogP) is 4.89. The van der Waals surface area contributed by atoms with Crippen LogP contribution in [0.5, 0.6) is 5.75 Å². The third kappa shape index (κ3) is 5.34. The highest BCUT2D eigenvalue weighted by molar-refractivity contribution is 5.70. The summed E-state index contributed by atoms with van der Waals surface area (Å²) in [5, 5.41) is 13.4. The zero-order valence-corrected chi connectivity index (χ0v) is 20.1. The molecule has 1 amide bonds. The van der Waals surface area contributed by atoms with Crippen molar-refractivity contribution >= 4 is 12.1 Å². The monoisotopic (exact) mass is 471 g/mol. The minimum absolute atomic E-state index is 0.0538. The lowest BCUT2D eigenvalue weighted by atomic mass is 9.87. The van der Waals surface area contributed by atoms with Gasteiger partial charge in [0, 0.05) is 13.1 Å². The van der Waals surface area contributed by atoms with E-state index >= 15 is 0 Å². The summed E-state index contributed by atoms with van der Waals surface area (Å²) >= 11 is 0. The standard InChI is InChI=1S/C25H33N3O6/c1-15-20(14-32-25(31)28(3)18-8-4-5-9-18)23(34-27-15)21-11-12-22(16(2)26-21)33-19-10-6-7-17(13-19)24(29)30/h11-12,17-19H,4-10,13-14H2,1-3H3,(H,29,30)/t17-,19-/m0/s1. The SMILES string of the molecule is Cc1nc(-c2onc(C)c2COC(=O)N(C)C2CCCC2)ccc1O[C@H]1CCC[C@H](C(=O)O)C1. The normalized spacial score (nSPS) is 20.8. The Balaban J connectivity index is 1.43. The maximum Gasteiger partial charge on any atom is 0.410 e. The molecule has 2 aromatic rings. The molecule has 0 aliphatic heterocycles. The van der Waals surface area contributed by atoms with Crippen molar-refractivity contribution in [3.05, 3.63) is 29.1 Å². The molecule has 0 radical (unpaired) electrons. The smallest absolute Gasteiger partial charge is 0.410 e. The third-order valence-electron chi connectivity index (χ3n) is 7.02. The van der Waals surface area contributed by atoms with E-state index in [1.165, 1.54) is 0 Å². The zero-order valence-electron chi connectivity index (χ0n) is 20.1. The number of carbonyl (C=O) groups is 2. The van der Waals surface area contributed by atoms with Gasteiger partial charge in [-0.15, -0.1) is 0 Å². The fraction of sp³-hybridized carbons (Fsp3) is 0.600. The molecule has 0 aromatic carbocycles. The van der Waals surface area contributed by atoms with E-state index < -0.39 is 5.97 Å². The van der Waals surface area contributed by atoms with E-state index in [0.717, 1.165) is 38.5 Å². The van der Waals surface area contributed by atoms with E-state index in [-0.39, 0.29) is 30.8 Å². The Morgan fingerprint density at radius 3 is 2.59 bits per heavy atom. The van der Waals surface area contributed by atoms with Crippen LogP contribution in [0.25, 0.3) is 11.5 Å². The number of ether oxygens (including phenoxy) is 2. The maximum absolute atomic E-state index is 12.5. The van der Waals surface area contributed by atoms with Crippen molar-refractivity contribution in [1.82, 2.24) is 15.0 Å². The van der Waals surface area contributed by atoms with Gasteiger partial charge in [0.2, 0.25) is 0 Å². The number of hydrogen-bond acceptors (Lipinski definition) is 7. The Morgan fingerprint density at radius 2 is 1.88 bits per heavy atom. The summed E-state index contributed by atoms with van der Waals surface area (Å²) in [7, 11) is 1.79. The van der Waals surface area contributed by atoms with Crippen molar-refractivity contribution in [2.75, 3.05) is 7.05 Å². The Morgan fingerprint density at radius 1 is 1.12 bits per heavy atom. The number of pyridine rings is 1. The molecule has 34 heavy (non-hydrogen) atoms. The van der Waals surface area contributed by atoms with Gasteiger partial charge in [0.25, 0.3) is 0 Å². The number of aromatic nitrogens is 2. The fourth-order valence-electron chi connectivity index (χ4n) is 4.89. The summed E-state index contributed by atoms with van der Waals surface area (Å²) in [5.74, 6) is -0.0300. The van der Waals surface area contributed by atoms with Gasteiger partial charge in [0.05, 0.1) is 29.0 Å². The first kappa shape index (κ1) is 24.0. The number of nitrogens with zero attached hydrogens (tertiary/aromatic N) is 3. The lowest BCUT2D eigenvalue weighted by Crippen LogP contribution is -2.35. The number of carboxylic acids is 1. The van der Waals surface area contributed by atoms with Gasteiger partial charge in [-0.2, -0.15) is 0 Å². The van der Waals surface area contributed by atoms with Gasteiger partial charge in [0.15, 0.2) is 5.76 Å². The van der Waals surface area contributed by atoms with Crippen molar-refractivity contribution in [2.45, 2.75) is 84.0 Å². The first-order valence-corrected chi connectivity index (χ1v) is 12.1. The quantitative estimate of drug-likeness (QED) is 0.607. The average molecular weight is 472 g/mol. The van der Waals surface area contributed by atoms with Crippen LogP contribution in [-0.4, -0.2) is 51.4 Å². The van der Waals surface area contributed by atoms with Crippen LogP contribution in [-0.2, 0) is 16.1 Å². The molecule has 2 aliphatic rings. The molecule has 4 rings (SSSR count). The van der Waals surface area contributed by atoms with Crippen molar-refractivity contribution < 1.29 is 28.7 Å². The molecule has 2 fully saturated rings. The summed E-state index contributed by atoms with van der Waals surface area (Å²) in [6.45, 7) is 3.71. The van der Waals surface area contributed by atoms with Crippen molar-refractivity contribution in [1.29, 1.82) is 0 Å². The van der Waals surface area contributed by atoms with E-state index in [2.05, 4.69) is 10.1 Å². The summed E-state index contributed by atoms with van der Waals surface area (Å²) < 4.78 is 17.2. The molecular formula is C25H33N3O6. The molecule has 1 N–H and O–H groups in total. The highest BCUT2D eigenvalue weighted by atomic mass is 16.6. The van der Waals surface area contributed by atoms with Crippen LogP contribution in [0.3, 0.4) is 0 Å². The largest absolute Gasteiger partial charge is 0.489 e. The van der Waals surface area contributed by atoms with Gasteiger partial charge in [0.1, 0.15) is 18.1 Å². The second kappa shape index (κ2) is 10.4. The molecule has 2 heterocycles. The Hall–Kier alpha value is -3.10. The molecule has 2 saturated carbocycles. The number of carboxylic acid groups (broad SMARTS) is 1. The van der Waals surface area contributed by atoms with Crippen molar-refractivity contribution in [3.63, 3.8) is 0 Å². The molecule has 2 aromatic heterocycles. The van der Waals surface area contributed by atoms with Gasteiger partial charge in [-0.05, 0) is 64.5 Å². The summed E-state index contributed by atoms with van der Waals surface area (Å²) in [6.07, 6.45) is 6.68. The third-order valence-corrected chi connectivity index (χ3v) is 7.02. The van der Waals surface area contributed by atoms with Gasteiger partial charge in [-0.3, -0.25) is 4.79 Å². The number of carbonyl (C=O) groups excluding carboxylic acids is 1. The fourth-order valence-corrected chi connectivity index (χ4v) is 4.89. The zero-order chi connectivity index (χ0) is 24.2. The summed E-state index contributed by atoms with van der Waals surface area (Å²) in [5.41, 5.74) is 2.58. The lowest BCUT2D eigenvalue weighted by Gasteiger charge is -2.27. The number of amides is 1. The molecule has 0 spiro atoms. The van der Waals surface area contributed by atoms with Crippen molar-refractivity contribution in [3.8, 4) is 17.2 Å². The van der Waals surface area contributed by atoms with Gasteiger partial charge in [-0.1, -0.05) is 18.0 Å². The van der Waals surface area contributed by atoms with E-state index in [9.17, 15) is 14.7 Å². The molecule has 9 heteroatoms. The van der Waals surface area contributed by atoms with Crippen LogP contribution < -0.4 is 4.74 Å². The van der Waals surface area contributed by atoms with Crippen LogP contribution in [0.1, 0.15) is 68.3 Å². The number of aliphatic carboxylic acids is 1. The molecule has 184 valence electrons. The van der Waals surface area contributed by atoms with Gasteiger partial charge in [-0.25, -0.2) is 9.78 Å². The van der Waals surface area contributed by atoms with E-state index in [0.29, 0.717) is 47.0 Å². The molecule has 0 bridgehead atoms. The molecular weight excluding hydrogens is 438 g/mol. The molecule has 0 saturated heterocycles. The second-order valence-electron chi connectivity index (χ2n) is 9.40. The molecule has 9 nitrogen and oxygen atoms in total. The first-order valence-electron chi connectivity index (χ1n) is 12.1. The number of hydrogen-bond donors (Lipinski definition) is 1. The number of rotatable bonds is 7. The second-order valence-corrected chi connectivity index (χ2v) is 9.40. The average Bonchev–Trinajstić information content (AvgIpc) is 3.48. The minimum Gasteiger partial charge on any atom is -0.489 e.